The van der Waals surface area contributed by atoms with Gasteiger partial charge in [-0.1, -0.05) is 90.8 Å². The van der Waals surface area contributed by atoms with Crippen LogP contribution >= 0.6 is 23.2 Å². The van der Waals surface area contributed by atoms with Crippen LogP contribution in [0.5, 0.6) is 5.75 Å². The van der Waals surface area contributed by atoms with Gasteiger partial charge in [-0.05, 0) is 67.8 Å². The molecule has 0 unspecified atom stereocenters. The van der Waals surface area contributed by atoms with Gasteiger partial charge in [0.25, 0.3) is 10.0 Å². The number of nitrogens with one attached hydrogen (secondary N) is 1. The summed E-state index contributed by atoms with van der Waals surface area (Å²) >= 11 is 13.2. The standard InChI is InChI=1S/C36H39Cl2N3O5S/c1-5-26(3)39-36(43)33(22-27-13-8-6-9-14-27)40(23-29-30(37)17-12-18-31(29)38)35(42)24-41(32-21-25(2)19-20-34(32)46-4)47(44,45)28-15-10-7-11-16-28/h6-21,26,33H,5,22-24H2,1-4H3,(H,39,43)/t26-,33-/m1/s1. The average Bonchev–Trinajstić information content (AvgIpc) is 3.06. The van der Waals surface area contributed by atoms with Crippen molar-refractivity contribution in [2.45, 2.75) is 57.1 Å². The van der Waals surface area contributed by atoms with Gasteiger partial charge in [0, 0.05) is 34.6 Å². The van der Waals surface area contributed by atoms with E-state index in [-0.39, 0.29) is 41.2 Å². The number of carbonyl (C=O) groups is 2. The lowest BCUT2D eigenvalue weighted by Gasteiger charge is -2.35. The number of anilines is 1. The first-order valence-corrected chi connectivity index (χ1v) is 17.4. The molecule has 0 spiro atoms. The Labute approximate surface area is 287 Å². The van der Waals surface area contributed by atoms with E-state index in [2.05, 4.69) is 5.32 Å². The SMILES string of the molecule is CC[C@@H](C)NC(=O)[C@@H](Cc1ccccc1)N(Cc1c(Cl)cccc1Cl)C(=O)CN(c1cc(C)ccc1OC)S(=O)(=O)c1ccccc1. The molecule has 0 fully saturated rings. The van der Waals surface area contributed by atoms with Crippen molar-refractivity contribution in [3.63, 3.8) is 0 Å². The summed E-state index contributed by atoms with van der Waals surface area (Å²) in [7, 11) is -2.86. The molecule has 47 heavy (non-hydrogen) atoms. The van der Waals surface area contributed by atoms with E-state index >= 15 is 0 Å². The maximum atomic E-state index is 14.7. The molecule has 0 radical (unpaired) electrons. The first kappa shape index (κ1) is 35.8. The topological polar surface area (TPSA) is 96.0 Å². The Hall–Kier alpha value is -4.05. The number of aryl methyl sites for hydroxylation is 1. The Kier molecular flexibility index (Phi) is 12.3. The highest BCUT2D eigenvalue weighted by atomic mass is 35.5. The maximum Gasteiger partial charge on any atom is 0.264 e. The molecule has 0 heterocycles. The number of hydrogen-bond acceptors (Lipinski definition) is 5. The summed E-state index contributed by atoms with van der Waals surface area (Å²) < 4.78 is 35.2. The fraction of sp³-hybridized carbons (Fsp3) is 0.278. The number of ether oxygens (including phenoxy) is 1. The fourth-order valence-corrected chi connectivity index (χ4v) is 7.03. The van der Waals surface area contributed by atoms with Crippen LogP contribution in [0.1, 0.15) is 37.0 Å². The fourth-order valence-electron chi connectivity index (χ4n) is 5.08. The minimum Gasteiger partial charge on any atom is -0.495 e. The van der Waals surface area contributed by atoms with Gasteiger partial charge in [0.05, 0.1) is 17.7 Å². The Bertz CT molecular complexity index is 1770. The molecule has 8 nitrogen and oxygen atoms in total. The molecule has 0 aromatic heterocycles. The average molecular weight is 697 g/mol. The molecule has 0 aliphatic carbocycles. The molecular weight excluding hydrogens is 657 g/mol. The van der Waals surface area contributed by atoms with Crippen molar-refractivity contribution in [2.75, 3.05) is 18.0 Å². The summed E-state index contributed by atoms with van der Waals surface area (Å²) in [5, 5.41) is 3.64. The summed E-state index contributed by atoms with van der Waals surface area (Å²) in [6.45, 7) is 4.87. The summed E-state index contributed by atoms with van der Waals surface area (Å²) in [5.41, 5.74) is 2.19. The predicted molar refractivity (Wildman–Crippen MR) is 188 cm³/mol. The van der Waals surface area contributed by atoms with Crippen LogP contribution in [0.15, 0.2) is 102 Å². The summed E-state index contributed by atoms with van der Waals surface area (Å²) in [6, 6.07) is 26.1. The molecule has 4 aromatic rings. The molecule has 0 aliphatic heterocycles. The third kappa shape index (κ3) is 8.86. The number of halogens is 2. The normalized spacial score (nSPS) is 12.6. The van der Waals surface area contributed by atoms with Crippen LogP contribution in [0.2, 0.25) is 10.0 Å². The Balaban J connectivity index is 1.88. The van der Waals surface area contributed by atoms with Gasteiger partial charge < -0.3 is 15.0 Å². The van der Waals surface area contributed by atoms with Gasteiger partial charge in [-0.15, -0.1) is 0 Å². The highest BCUT2D eigenvalue weighted by Gasteiger charge is 2.36. The summed E-state index contributed by atoms with van der Waals surface area (Å²) in [4.78, 5) is 30.1. The van der Waals surface area contributed by atoms with Crippen LogP contribution in [0.4, 0.5) is 5.69 Å². The number of rotatable bonds is 14. The lowest BCUT2D eigenvalue weighted by atomic mass is 10.0. The molecular formula is C36H39Cl2N3O5S. The zero-order valence-electron chi connectivity index (χ0n) is 26.8. The molecule has 1 N–H and O–H groups in total. The van der Waals surface area contributed by atoms with Crippen molar-refractivity contribution in [3.8, 4) is 5.75 Å². The third-order valence-corrected chi connectivity index (χ3v) is 10.4. The lowest BCUT2D eigenvalue weighted by molar-refractivity contribution is -0.140. The summed E-state index contributed by atoms with van der Waals surface area (Å²) in [5.74, 6) is -0.756. The Morgan fingerprint density at radius 1 is 0.894 bits per heavy atom. The van der Waals surface area contributed by atoms with Crippen LogP contribution in [0.25, 0.3) is 0 Å². The molecule has 248 valence electrons. The minimum absolute atomic E-state index is 0.00703. The second-order valence-electron chi connectivity index (χ2n) is 11.2. The predicted octanol–water partition coefficient (Wildman–Crippen LogP) is 7.06. The highest BCUT2D eigenvalue weighted by molar-refractivity contribution is 7.92. The monoisotopic (exact) mass is 695 g/mol. The summed E-state index contributed by atoms with van der Waals surface area (Å²) in [6.07, 6.45) is 0.834. The van der Waals surface area contributed by atoms with E-state index in [1.165, 1.54) is 24.1 Å². The number of nitrogens with zero attached hydrogens (tertiary/aromatic N) is 2. The van der Waals surface area contributed by atoms with E-state index in [1.807, 2.05) is 51.1 Å². The van der Waals surface area contributed by atoms with Crippen molar-refractivity contribution in [1.82, 2.24) is 10.2 Å². The first-order chi connectivity index (χ1) is 22.5. The van der Waals surface area contributed by atoms with Crippen molar-refractivity contribution < 1.29 is 22.7 Å². The van der Waals surface area contributed by atoms with Crippen molar-refractivity contribution in [3.05, 3.63) is 124 Å². The van der Waals surface area contributed by atoms with Crippen molar-refractivity contribution >= 4 is 50.7 Å². The van der Waals surface area contributed by atoms with Gasteiger partial charge >= 0.3 is 0 Å². The molecule has 11 heteroatoms. The number of carbonyl (C=O) groups excluding carboxylic acids is 2. The van der Waals surface area contributed by atoms with Gasteiger partial charge in [0.2, 0.25) is 11.8 Å². The third-order valence-electron chi connectivity index (χ3n) is 7.88. The number of sulfonamides is 1. The van der Waals surface area contributed by atoms with Crippen molar-refractivity contribution in [1.29, 1.82) is 0 Å². The molecule has 4 rings (SSSR count). The van der Waals surface area contributed by atoms with E-state index < -0.39 is 28.5 Å². The van der Waals surface area contributed by atoms with Gasteiger partial charge in [-0.2, -0.15) is 0 Å². The van der Waals surface area contributed by atoms with Crippen molar-refractivity contribution in [2.24, 2.45) is 0 Å². The highest BCUT2D eigenvalue weighted by Crippen LogP contribution is 2.34. The van der Waals surface area contributed by atoms with Crippen LogP contribution in [0.3, 0.4) is 0 Å². The van der Waals surface area contributed by atoms with E-state index in [0.29, 0.717) is 22.0 Å². The quantitative estimate of drug-likeness (QED) is 0.152. The number of hydrogen-bond donors (Lipinski definition) is 1. The van der Waals surface area contributed by atoms with E-state index in [4.69, 9.17) is 27.9 Å². The molecule has 2 atom stereocenters. The van der Waals surface area contributed by atoms with E-state index in [1.54, 1.807) is 54.6 Å². The number of amides is 2. The zero-order chi connectivity index (χ0) is 34.1. The minimum atomic E-state index is -4.30. The molecule has 0 aliphatic rings. The van der Waals surface area contributed by atoms with Crippen LogP contribution < -0.4 is 14.4 Å². The zero-order valence-corrected chi connectivity index (χ0v) is 29.1. The molecule has 0 saturated heterocycles. The second kappa shape index (κ2) is 16.2. The van der Waals surface area contributed by atoms with Crippen LogP contribution in [0, 0.1) is 6.92 Å². The molecule has 2 amide bonds. The van der Waals surface area contributed by atoms with Gasteiger partial charge in [-0.25, -0.2) is 8.42 Å². The second-order valence-corrected chi connectivity index (χ2v) is 13.9. The van der Waals surface area contributed by atoms with Gasteiger partial charge in [0.15, 0.2) is 0 Å². The molecule has 0 bridgehead atoms. The van der Waals surface area contributed by atoms with Crippen LogP contribution in [-0.2, 0) is 32.6 Å². The first-order valence-electron chi connectivity index (χ1n) is 15.2. The lowest BCUT2D eigenvalue weighted by Crippen LogP contribution is -2.54. The maximum absolute atomic E-state index is 14.7. The Morgan fingerprint density at radius 3 is 2.11 bits per heavy atom. The smallest absolute Gasteiger partial charge is 0.264 e. The van der Waals surface area contributed by atoms with Gasteiger partial charge in [-0.3, -0.25) is 13.9 Å². The largest absolute Gasteiger partial charge is 0.495 e. The number of benzene rings is 4. The van der Waals surface area contributed by atoms with Crippen LogP contribution in [-0.4, -0.2) is 50.9 Å². The molecule has 4 aromatic carbocycles. The molecule has 0 saturated carbocycles. The van der Waals surface area contributed by atoms with E-state index in [0.717, 1.165) is 15.4 Å². The van der Waals surface area contributed by atoms with E-state index in [9.17, 15) is 18.0 Å². The van der Waals surface area contributed by atoms with Gasteiger partial charge in [0.1, 0.15) is 18.3 Å². The Morgan fingerprint density at radius 2 is 1.51 bits per heavy atom. The number of methoxy groups -OCH3 is 1.